The van der Waals surface area contributed by atoms with Crippen molar-refractivity contribution in [3.63, 3.8) is 0 Å². The molecule has 6 nitrogen and oxygen atoms in total. The van der Waals surface area contributed by atoms with Crippen LogP contribution in [0.2, 0.25) is 0 Å². The van der Waals surface area contributed by atoms with Crippen molar-refractivity contribution in [3.8, 4) is 0 Å². The molecule has 1 aliphatic rings. The topological polar surface area (TPSA) is 78.9 Å². The summed E-state index contributed by atoms with van der Waals surface area (Å²) < 4.78 is 59.0. The molecule has 138 valence electrons. The van der Waals surface area contributed by atoms with Gasteiger partial charge in [0.1, 0.15) is 11.7 Å². The molecular formula is C15H16F4N2O4. The largest absolute Gasteiger partial charge is 0.466 e. The summed E-state index contributed by atoms with van der Waals surface area (Å²) in [7, 11) is 0.705. The molecule has 1 saturated heterocycles. The molecule has 3 atom stereocenters. The first-order valence-corrected chi connectivity index (χ1v) is 7.29. The molecule has 2 rings (SSSR count). The Hall–Kier alpha value is -2.36. The van der Waals surface area contributed by atoms with Crippen molar-refractivity contribution in [1.82, 2.24) is 10.2 Å². The number of benzene rings is 1. The van der Waals surface area contributed by atoms with Gasteiger partial charge < -0.3 is 15.2 Å². The lowest BCUT2D eigenvalue weighted by Gasteiger charge is -2.49. The average Bonchev–Trinajstić information content (AvgIpc) is 2.51. The third kappa shape index (κ3) is 3.13. The van der Waals surface area contributed by atoms with Crippen LogP contribution < -0.4 is 5.32 Å². The molecule has 1 fully saturated rings. The van der Waals surface area contributed by atoms with Crippen LogP contribution in [-0.4, -0.2) is 47.6 Å². The summed E-state index contributed by atoms with van der Waals surface area (Å²) in [4.78, 5) is 24.2. The summed E-state index contributed by atoms with van der Waals surface area (Å²) in [6.07, 6.45) is -5.36. The number of hydrogen-bond acceptors (Lipinski definition) is 4. The zero-order valence-corrected chi connectivity index (χ0v) is 13.3. The molecule has 0 unspecified atom stereocenters. The van der Waals surface area contributed by atoms with Gasteiger partial charge in [0.2, 0.25) is 0 Å². The molecule has 0 radical (unpaired) electrons. The number of alkyl halides is 3. The highest BCUT2D eigenvalue weighted by molar-refractivity contribution is 5.83. The molecule has 0 aromatic heterocycles. The molecule has 2 amide bonds. The zero-order chi connectivity index (χ0) is 19.0. The van der Waals surface area contributed by atoms with E-state index in [1.165, 1.54) is 19.1 Å². The lowest BCUT2D eigenvalue weighted by molar-refractivity contribution is -0.328. The van der Waals surface area contributed by atoms with Crippen LogP contribution in [0.5, 0.6) is 0 Å². The third-order valence-electron chi connectivity index (χ3n) is 4.03. The van der Waals surface area contributed by atoms with E-state index in [0.29, 0.717) is 7.05 Å². The Morgan fingerprint density at radius 1 is 1.44 bits per heavy atom. The molecule has 25 heavy (non-hydrogen) atoms. The molecule has 0 spiro atoms. The van der Waals surface area contributed by atoms with Crippen LogP contribution in [0, 0.1) is 11.7 Å². The molecular weight excluding hydrogens is 348 g/mol. The third-order valence-corrected chi connectivity index (χ3v) is 4.03. The molecule has 1 aromatic carbocycles. The number of aliphatic hydroxyl groups is 1. The van der Waals surface area contributed by atoms with E-state index in [9.17, 15) is 32.3 Å². The van der Waals surface area contributed by atoms with Crippen LogP contribution >= 0.6 is 0 Å². The first-order chi connectivity index (χ1) is 11.5. The first-order valence-electron chi connectivity index (χ1n) is 7.29. The van der Waals surface area contributed by atoms with E-state index >= 15 is 0 Å². The fourth-order valence-corrected chi connectivity index (χ4v) is 2.78. The molecule has 0 bridgehead atoms. The van der Waals surface area contributed by atoms with Crippen LogP contribution in [-0.2, 0) is 9.53 Å². The maximum atomic E-state index is 13.6. The molecule has 1 heterocycles. The van der Waals surface area contributed by atoms with Gasteiger partial charge in [-0.05, 0) is 24.6 Å². The Bertz CT molecular complexity index is 682. The van der Waals surface area contributed by atoms with Crippen LogP contribution in [0.4, 0.5) is 22.4 Å². The summed E-state index contributed by atoms with van der Waals surface area (Å²) >= 11 is 0. The Balaban J connectivity index is 2.64. The van der Waals surface area contributed by atoms with Crippen molar-refractivity contribution in [2.45, 2.75) is 24.9 Å². The molecule has 1 aliphatic heterocycles. The van der Waals surface area contributed by atoms with E-state index in [0.717, 1.165) is 12.1 Å². The van der Waals surface area contributed by atoms with Crippen LogP contribution in [0.1, 0.15) is 18.5 Å². The lowest BCUT2D eigenvalue weighted by Crippen LogP contribution is -2.73. The average molecular weight is 364 g/mol. The number of amides is 2. The maximum absolute atomic E-state index is 13.6. The number of esters is 1. The van der Waals surface area contributed by atoms with E-state index in [2.05, 4.69) is 10.1 Å². The van der Waals surface area contributed by atoms with Crippen molar-refractivity contribution in [1.29, 1.82) is 0 Å². The Kier molecular flexibility index (Phi) is 4.94. The van der Waals surface area contributed by atoms with Gasteiger partial charge in [0, 0.05) is 7.05 Å². The van der Waals surface area contributed by atoms with Crippen molar-refractivity contribution in [2.75, 3.05) is 13.7 Å². The summed E-state index contributed by atoms with van der Waals surface area (Å²) in [5, 5.41) is 12.5. The van der Waals surface area contributed by atoms with Crippen LogP contribution in [0.25, 0.3) is 0 Å². The Morgan fingerprint density at radius 2 is 2.08 bits per heavy atom. The smallest absolute Gasteiger partial charge is 0.437 e. The maximum Gasteiger partial charge on any atom is 0.437 e. The second-order valence-electron chi connectivity index (χ2n) is 5.49. The van der Waals surface area contributed by atoms with Crippen molar-refractivity contribution >= 4 is 12.0 Å². The van der Waals surface area contributed by atoms with E-state index in [4.69, 9.17) is 0 Å². The quantitative estimate of drug-likeness (QED) is 0.635. The van der Waals surface area contributed by atoms with Crippen LogP contribution in [0.3, 0.4) is 0 Å². The van der Waals surface area contributed by atoms with Gasteiger partial charge in [-0.2, -0.15) is 13.2 Å². The summed E-state index contributed by atoms with van der Waals surface area (Å²) in [6, 6.07) is 1.47. The standard InChI is InChI=1S/C15H16F4N2O4/c1-3-25-12(22)10-11(8-5-4-6-9(16)7-8)20-13(23)21(2)14(10,24)15(17,18)19/h4-7,10-11,24H,3H2,1-2H3,(H,20,23)/t10-,11+,14-/m1/s1. The number of halogens is 4. The van der Waals surface area contributed by atoms with Gasteiger partial charge in [0.15, 0.2) is 0 Å². The number of nitrogens with zero attached hydrogens (tertiary/aromatic N) is 1. The fourth-order valence-electron chi connectivity index (χ4n) is 2.78. The second-order valence-corrected chi connectivity index (χ2v) is 5.49. The van der Waals surface area contributed by atoms with E-state index in [1.807, 2.05) is 0 Å². The number of carbonyl (C=O) groups excluding carboxylic acids is 2. The van der Waals surface area contributed by atoms with E-state index < -0.39 is 41.7 Å². The SMILES string of the molecule is CCOC(=O)[C@H]1[C@H](c2cccc(F)c2)NC(=O)N(C)[C@]1(O)C(F)(F)F. The van der Waals surface area contributed by atoms with Crippen LogP contribution in [0.15, 0.2) is 24.3 Å². The Labute approximate surface area is 140 Å². The van der Waals surface area contributed by atoms with Crippen molar-refractivity contribution in [2.24, 2.45) is 5.92 Å². The summed E-state index contributed by atoms with van der Waals surface area (Å²) in [5.41, 5.74) is -3.93. The molecule has 0 aliphatic carbocycles. The lowest BCUT2D eigenvalue weighted by atomic mass is 9.81. The van der Waals surface area contributed by atoms with Gasteiger partial charge in [-0.25, -0.2) is 9.18 Å². The van der Waals surface area contributed by atoms with Gasteiger partial charge in [-0.1, -0.05) is 12.1 Å². The number of carbonyl (C=O) groups is 2. The van der Waals surface area contributed by atoms with Gasteiger partial charge in [0.25, 0.3) is 5.72 Å². The minimum Gasteiger partial charge on any atom is -0.466 e. The normalized spacial score (nSPS) is 27.0. The minimum atomic E-state index is -5.36. The van der Waals surface area contributed by atoms with Gasteiger partial charge in [-0.3, -0.25) is 9.69 Å². The number of ether oxygens (including phenoxy) is 1. The van der Waals surface area contributed by atoms with E-state index in [-0.39, 0.29) is 17.1 Å². The first kappa shape index (κ1) is 19.0. The molecule has 1 aromatic rings. The van der Waals surface area contributed by atoms with Gasteiger partial charge in [-0.15, -0.1) is 0 Å². The highest BCUT2D eigenvalue weighted by Crippen LogP contribution is 2.46. The minimum absolute atomic E-state index is 0.00954. The number of rotatable bonds is 3. The number of hydrogen-bond donors (Lipinski definition) is 2. The fraction of sp³-hybridized carbons (Fsp3) is 0.467. The number of urea groups is 1. The Morgan fingerprint density at radius 3 is 2.60 bits per heavy atom. The monoisotopic (exact) mass is 364 g/mol. The summed E-state index contributed by atoms with van der Waals surface area (Å²) in [6.45, 7) is 1.14. The molecule has 0 saturated carbocycles. The predicted molar refractivity (Wildman–Crippen MR) is 76.6 cm³/mol. The van der Waals surface area contributed by atoms with Crippen molar-refractivity contribution in [3.05, 3.63) is 35.6 Å². The molecule has 2 N–H and O–H groups in total. The number of nitrogens with one attached hydrogen (secondary N) is 1. The predicted octanol–water partition coefficient (Wildman–Crippen LogP) is 1.95. The summed E-state index contributed by atoms with van der Waals surface area (Å²) in [5.74, 6) is -4.40. The van der Waals surface area contributed by atoms with Gasteiger partial charge >= 0.3 is 18.2 Å². The highest BCUT2D eigenvalue weighted by Gasteiger charge is 2.69. The van der Waals surface area contributed by atoms with E-state index in [1.54, 1.807) is 0 Å². The second kappa shape index (κ2) is 6.51. The van der Waals surface area contributed by atoms with Gasteiger partial charge in [0.05, 0.1) is 12.6 Å². The van der Waals surface area contributed by atoms with Crippen molar-refractivity contribution < 1.29 is 37.0 Å². The highest BCUT2D eigenvalue weighted by atomic mass is 19.4. The molecule has 10 heteroatoms. The zero-order valence-electron chi connectivity index (χ0n) is 13.3.